The second kappa shape index (κ2) is 6.85. The monoisotopic (exact) mass is 227 g/mol. The lowest BCUT2D eigenvalue weighted by atomic mass is 10.1. The summed E-state index contributed by atoms with van der Waals surface area (Å²) in [6, 6.07) is 7.09. The van der Waals surface area contributed by atoms with Gasteiger partial charge in [-0.3, -0.25) is 0 Å². The molecule has 0 aromatic heterocycles. The van der Waals surface area contributed by atoms with Crippen LogP contribution in [0, 0.1) is 5.82 Å². The minimum atomic E-state index is -0.117. The van der Waals surface area contributed by atoms with Crippen LogP contribution < -0.4 is 5.32 Å². The van der Waals surface area contributed by atoms with E-state index in [1.807, 2.05) is 30.9 Å². The summed E-state index contributed by atoms with van der Waals surface area (Å²) < 4.78 is 13.5. The first-order chi connectivity index (χ1) is 7.29. The van der Waals surface area contributed by atoms with E-state index in [0.717, 1.165) is 17.1 Å². The van der Waals surface area contributed by atoms with Gasteiger partial charge in [0.25, 0.3) is 0 Å². The van der Waals surface area contributed by atoms with Gasteiger partial charge in [0.1, 0.15) is 5.82 Å². The second-order valence-corrected chi connectivity index (χ2v) is 4.59. The fraction of sp³-hybridized carbons (Fsp3) is 0.500. The predicted molar refractivity (Wildman–Crippen MR) is 65.8 cm³/mol. The quantitative estimate of drug-likeness (QED) is 0.749. The van der Waals surface area contributed by atoms with Crippen molar-refractivity contribution in [2.75, 3.05) is 18.6 Å². The van der Waals surface area contributed by atoms with Crippen LogP contribution >= 0.6 is 11.8 Å². The SMILES string of the molecule is CCCSCC(NC)c1ccccc1F. The van der Waals surface area contributed by atoms with Crippen molar-refractivity contribution in [1.29, 1.82) is 0 Å². The van der Waals surface area contributed by atoms with Gasteiger partial charge in [-0.15, -0.1) is 0 Å². The van der Waals surface area contributed by atoms with Crippen LogP contribution in [0.25, 0.3) is 0 Å². The topological polar surface area (TPSA) is 12.0 Å². The maximum atomic E-state index is 13.5. The molecule has 0 radical (unpaired) electrons. The Labute approximate surface area is 95.5 Å². The maximum absolute atomic E-state index is 13.5. The van der Waals surface area contributed by atoms with Gasteiger partial charge >= 0.3 is 0 Å². The minimum Gasteiger partial charge on any atom is -0.312 e. The molecule has 1 rings (SSSR count). The van der Waals surface area contributed by atoms with E-state index in [-0.39, 0.29) is 11.9 Å². The molecule has 1 aromatic carbocycles. The molecule has 0 bridgehead atoms. The van der Waals surface area contributed by atoms with Crippen molar-refractivity contribution in [3.63, 3.8) is 0 Å². The molecule has 1 atom stereocenters. The number of nitrogens with one attached hydrogen (secondary N) is 1. The van der Waals surface area contributed by atoms with Gasteiger partial charge in [-0.2, -0.15) is 11.8 Å². The van der Waals surface area contributed by atoms with E-state index >= 15 is 0 Å². The van der Waals surface area contributed by atoms with Gasteiger partial charge in [-0.25, -0.2) is 4.39 Å². The lowest BCUT2D eigenvalue weighted by Gasteiger charge is -2.16. The predicted octanol–water partition coefficient (Wildman–Crippen LogP) is 3.23. The molecule has 15 heavy (non-hydrogen) atoms. The van der Waals surface area contributed by atoms with Gasteiger partial charge in [0.15, 0.2) is 0 Å². The van der Waals surface area contributed by atoms with Gasteiger partial charge in [0.2, 0.25) is 0 Å². The summed E-state index contributed by atoms with van der Waals surface area (Å²) in [6.45, 7) is 2.16. The average Bonchev–Trinajstić information content (AvgIpc) is 2.26. The maximum Gasteiger partial charge on any atom is 0.128 e. The molecule has 0 aliphatic carbocycles. The summed E-state index contributed by atoms with van der Waals surface area (Å²) >= 11 is 1.86. The molecule has 0 fully saturated rings. The molecular weight excluding hydrogens is 209 g/mol. The highest BCUT2D eigenvalue weighted by Crippen LogP contribution is 2.20. The Morgan fingerprint density at radius 2 is 2.13 bits per heavy atom. The smallest absolute Gasteiger partial charge is 0.128 e. The van der Waals surface area contributed by atoms with Gasteiger partial charge in [0.05, 0.1) is 0 Å². The average molecular weight is 227 g/mol. The molecule has 0 aliphatic heterocycles. The lowest BCUT2D eigenvalue weighted by Crippen LogP contribution is -2.20. The summed E-state index contributed by atoms with van der Waals surface area (Å²) in [6.07, 6.45) is 1.17. The van der Waals surface area contributed by atoms with E-state index in [4.69, 9.17) is 0 Å². The Balaban J connectivity index is 2.61. The molecule has 1 unspecified atom stereocenters. The summed E-state index contributed by atoms with van der Waals surface area (Å²) in [4.78, 5) is 0. The third-order valence-electron chi connectivity index (χ3n) is 2.26. The van der Waals surface area contributed by atoms with Gasteiger partial charge in [-0.1, -0.05) is 25.1 Å². The van der Waals surface area contributed by atoms with Crippen LogP contribution in [0.5, 0.6) is 0 Å². The molecule has 0 heterocycles. The Hall–Kier alpha value is -0.540. The Morgan fingerprint density at radius 1 is 1.40 bits per heavy atom. The zero-order valence-corrected chi connectivity index (χ0v) is 10.1. The fourth-order valence-electron chi connectivity index (χ4n) is 1.43. The highest BCUT2D eigenvalue weighted by molar-refractivity contribution is 7.99. The molecule has 0 aliphatic rings. The summed E-state index contributed by atoms with van der Waals surface area (Å²) in [5, 5.41) is 3.16. The van der Waals surface area contributed by atoms with Crippen LogP contribution in [0.3, 0.4) is 0 Å². The molecule has 0 saturated carbocycles. The zero-order chi connectivity index (χ0) is 11.1. The van der Waals surface area contributed by atoms with Crippen molar-refractivity contribution in [3.05, 3.63) is 35.6 Å². The number of hydrogen-bond donors (Lipinski definition) is 1. The van der Waals surface area contributed by atoms with Crippen LogP contribution in [0.1, 0.15) is 24.9 Å². The Bertz CT molecular complexity index is 291. The number of halogens is 1. The second-order valence-electron chi connectivity index (χ2n) is 3.44. The summed E-state index contributed by atoms with van der Waals surface area (Å²) in [5.41, 5.74) is 0.767. The van der Waals surface area contributed by atoms with Crippen molar-refractivity contribution in [3.8, 4) is 0 Å². The third kappa shape index (κ3) is 3.84. The van der Waals surface area contributed by atoms with E-state index in [9.17, 15) is 4.39 Å². The van der Waals surface area contributed by atoms with E-state index in [0.29, 0.717) is 0 Å². The van der Waals surface area contributed by atoms with Crippen LogP contribution in [-0.2, 0) is 0 Å². The van der Waals surface area contributed by atoms with Crippen molar-refractivity contribution < 1.29 is 4.39 Å². The molecule has 3 heteroatoms. The van der Waals surface area contributed by atoms with E-state index < -0.39 is 0 Å². The summed E-state index contributed by atoms with van der Waals surface area (Å²) in [7, 11) is 1.88. The van der Waals surface area contributed by atoms with E-state index in [2.05, 4.69) is 12.2 Å². The standard InChI is InChI=1S/C12H18FNS/c1-3-8-15-9-12(14-2)10-6-4-5-7-11(10)13/h4-7,12,14H,3,8-9H2,1-2H3. The number of benzene rings is 1. The molecule has 1 aromatic rings. The Kier molecular flexibility index (Phi) is 5.73. The van der Waals surface area contributed by atoms with Crippen molar-refractivity contribution >= 4 is 11.8 Å². The molecule has 84 valence electrons. The first-order valence-corrected chi connectivity index (χ1v) is 6.44. The van der Waals surface area contributed by atoms with E-state index in [1.165, 1.54) is 12.5 Å². The minimum absolute atomic E-state index is 0.114. The van der Waals surface area contributed by atoms with Gasteiger partial charge in [-0.05, 0) is 25.3 Å². The molecule has 1 nitrogen and oxygen atoms in total. The first-order valence-electron chi connectivity index (χ1n) is 5.29. The highest BCUT2D eigenvalue weighted by atomic mass is 32.2. The van der Waals surface area contributed by atoms with E-state index in [1.54, 1.807) is 6.07 Å². The van der Waals surface area contributed by atoms with Gasteiger partial charge in [0, 0.05) is 17.4 Å². The number of hydrogen-bond acceptors (Lipinski definition) is 2. The molecule has 0 spiro atoms. The number of rotatable bonds is 6. The van der Waals surface area contributed by atoms with Crippen molar-refractivity contribution in [2.45, 2.75) is 19.4 Å². The van der Waals surface area contributed by atoms with Crippen molar-refractivity contribution in [2.24, 2.45) is 0 Å². The zero-order valence-electron chi connectivity index (χ0n) is 9.29. The van der Waals surface area contributed by atoms with Crippen LogP contribution in [0.15, 0.2) is 24.3 Å². The normalized spacial score (nSPS) is 12.7. The highest BCUT2D eigenvalue weighted by Gasteiger charge is 2.12. The first kappa shape index (κ1) is 12.5. The lowest BCUT2D eigenvalue weighted by molar-refractivity contribution is 0.565. The molecule has 1 N–H and O–H groups in total. The summed E-state index contributed by atoms with van der Waals surface area (Å²) in [5.74, 6) is 1.94. The van der Waals surface area contributed by atoms with Crippen LogP contribution in [-0.4, -0.2) is 18.6 Å². The van der Waals surface area contributed by atoms with Gasteiger partial charge < -0.3 is 5.32 Å². The largest absolute Gasteiger partial charge is 0.312 e. The Morgan fingerprint density at radius 3 is 2.73 bits per heavy atom. The number of thioether (sulfide) groups is 1. The van der Waals surface area contributed by atoms with Crippen LogP contribution in [0.4, 0.5) is 4.39 Å². The molecular formula is C12H18FNS. The third-order valence-corrected chi connectivity index (χ3v) is 3.53. The molecule has 0 saturated heterocycles. The van der Waals surface area contributed by atoms with Crippen molar-refractivity contribution in [1.82, 2.24) is 5.32 Å². The van der Waals surface area contributed by atoms with Crippen LogP contribution in [0.2, 0.25) is 0 Å². The fourth-order valence-corrected chi connectivity index (χ4v) is 2.47. The molecule has 0 amide bonds.